The highest BCUT2D eigenvalue weighted by atomic mass is 16.5. The number of piperidine rings is 1. The molecule has 5 nitrogen and oxygen atoms in total. The lowest BCUT2D eigenvalue weighted by molar-refractivity contribution is -0.146. The van der Waals surface area contributed by atoms with E-state index in [1.807, 2.05) is 32.9 Å². The van der Waals surface area contributed by atoms with Crippen molar-refractivity contribution in [3.8, 4) is 5.75 Å². The van der Waals surface area contributed by atoms with Gasteiger partial charge in [-0.15, -0.1) is 0 Å². The number of phenols is 1. The number of aromatic hydroxyl groups is 1. The van der Waals surface area contributed by atoms with Gasteiger partial charge in [-0.3, -0.25) is 9.69 Å². The van der Waals surface area contributed by atoms with Crippen molar-refractivity contribution < 1.29 is 14.6 Å². The summed E-state index contributed by atoms with van der Waals surface area (Å²) in [5, 5.41) is 13.5. The third-order valence-corrected chi connectivity index (χ3v) is 7.56. The Hall–Kier alpha value is -1.59. The van der Waals surface area contributed by atoms with Crippen molar-refractivity contribution in [3.05, 3.63) is 29.3 Å². The van der Waals surface area contributed by atoms with Crippen LogP contribution < -0.4 is 5.32 Å². The van der Waals surface area contributed by atoms with E-state index in [-0.39, 0.29) is 23.5 Å². The minimum Gasteiger partial charge on any atom is -0.508 e. The Kier molecular flexibility index (Phi) is 4.48. The van der Waals surface area contributed by atoms with E-state index in [1.54, 1.807) is 0 Å². The molecule has 2 aliphatic carbocycles. The summed E-state index contributed by atoms with van der Waals surface area (Å²) >= 11 is 0. The molecule has 2 bridgehead atoms. The normalized spacial score (nSPS) is 34.2. The zero-order valence-corrected chi connectivity index (χ0v) is 17.9. The molecule has 5 rings (SSSR count). The van der Waals surface area contributed by atoms with Gasteiger partial charge in [-0.05, 0) is 67.8 Å². The second kappa shape index (κ2) is 6.71. The van der Waals surface area contributed by atoms with Gasteiger partial charge in [0.2, 0.25) is 5.91 Å². The maximum Gasteiger partial charge on any atom is 0.225 e. The summed E-state index contributed by atoms with van der Waals surface area (Å²) in [4.78, 5) is 15.3. The molecule has 2 N–H and O–H groups in total. The summed E-state index contributed by atoms with van der Waals surface area (Å²) < 4.78 is 6.56. The van der Waals surface area contributed by atoms with Crippen LogP contribution in [0, 0.1) is 11.3 Å². The van der Waals surface area contributed by atoms with E-state index in [2.05, 4.69) is 16.3 Å². The molecule has 1 saturated carbocycles. The lowest BCUT2D eigenvalue weighted by Crippen LogP contribution is -2.68. The predicted octanol–water partition coefficient (Wildman–Crippen LogP) is 2.99. The Morgan fingerprint density at radius 2 is 2.14 bits per heavy atom. The van der Waals surface area contributed by atoms with Gasteiger partial charge in [-0.25, -0.2) is 0 Å². The molecule has 29 heavy (non-hydrogen) atoms. The van der Waals surface area contributed by atoms with Gasteiger partial charge >= 0.3 is 0 Å². The molecule has 3 fully saturated rings. The topological polar surface area (TPSA) is 61.8 Å². The van der Waals surface area contributed by atoms with Gasteiger partial charge in [0, 0.05) is 23.4 Å². The molecule has 4 atom stereocenters. The van der Waals surface area contributed by atoms with Crippen LogP contribution in [0.1, 0.15) is 57.6 Å². The van der Waals surface area contributed by atoms with Crippen LogP contribution in [0.4, 0.5) is 0 Å². The van der Waals surface area contributed by atoms with Gasteiger partial charge in [0.15, 0.2) is 0 Å². The number of nitrogens with zero attached hydrogens (tertiary/aromatic N) is 1. The molecule has 2 saturated heterocycles. The Morgan fingerprint density at radius 3 is 2.86 bits per heavy atom. The molecule has 5 heteroatoms. The maximum atomic E-state index is 12.6. The van der Waals surface area contributed by atoms with Crippen LogP contribution in [0.5, 0.6) is 5.75 Å². The molecule has 4 aliphatic rings. The van der Waals surface area contributed by atoms with Gasteiger partial charge in [0.05, 0.1) is 18.8 Å². The lowest BCUT2D eigenvalue weighted by atomic mass is 9.58. The van der Waals surface area contributed by atoms with E-state index in [4.69, 9.17) is 4.74 Å². The molecule has 2 heterocycles. The summed E-state index contributed by atoms with van der Waals surface area (Å²) in [5.74, 6) is 1.28. The number of hydrogen-bond acceptors (Lipinski definition) is 4. The smallest absolute Gasteiger partial charge is 0.225 e. The van der Waals surface area contributed by atoms with Crippen LogP contribution >= 0.6 is 0 Å². The van der Waals surface area contributed by atoms with Crippen LogP contribution in [0.15, 0.2) is 18.2 Å². The van der Waals surface area contributed by atoms with Crippen molar-refractivity contribution in [2.45, 2.75) is 76.5 Å². The first-order valence-corrected chi connectivity index (χ1v) is 11.3. The number of phenolic OH excluding ortho intramolecular Hbond substituents is 1. The molecule has 0 spiro atoms. The number of likely N-dealkylation sites (tertiary alicyclic amines) is 1. The minimum atomic E-state index is -0.409. The summed E-state index contributed by atoms with van der Waals surface area (Å²) in [5.41, 5.74) is 2.06. The Labute approximate surface area is 173 Å². The third kappa shape index (κ3) is 3.36. The van der Waals surface area contributed by atoms with Crippen LogP contribution in [-0.2, 0) is 21.4 Å². The van der Waals surface area contributed by atoms with Crippen LogP contribution in [0.3, 0.4) is 0 Å². The average Bonchev–Trinajstić information content (AvgIpc) is 3.47. The zero-order chi connectivity index (χ0) is 20.4. The number of carbonyl (C=O) groups excluding carboxylic acids is 1. The predicted molar refractivity (Wildman–Crippen MR) is 112 cm³/mol. The molecule has 1 amide bonds. The zero-order valence-electron chi connectivity index (χ0n) is 17.9. The second-order valence-electron chi connectivity index (χ2n) is 10.8. The van der Waals surface area contributed by atoms with Crippen molar-refractivity contribution in [2.24, 2.45) is 11.3 Å². The molecular weight excluding hydrogens is 364 g/mol. The van der Waals surface area contributed by atoms with Gasteiger partial charge in [0.1, 0.15) is 5.75 Å². The van der Waals surface area contributed by atoms with E-state index in [1.165, 1.54) is 30.5 Å². The fourth-order valence-corrected chi connectivity index (χ4v) is 5.84. The number of amides is 1. The Balaban J connectivity index is 1.47. The maximum absolute atomic E-state index is 12.6. The third-order valence-electron chi connectivity index (χ3n) is 7.56. The van der Waals surface area contributed by atoms with E-state index < -0.39 is 5.41 Å². The first-order valence-electron chi connectivity index (χ1n) is 11.3. The fourth-order valence-electron chi connectivity index (χ4n) is 5.84. The van der Waals surface area contributed by atoms with Gasteiger partial charge in [-0.2, -0.15) is 0 Å². The molecule has 2 aliphatic heterocycles. The van der Waals surface area contributed by atoms with Gasteiger partial charge in [-0.1, -0.05) is 26.8 Å². The summed E-state index contributed by atoms with van der Waals surface area (Å²) in [6, 6.07) is 6.31. The quantitative estimate of drug-likeness (QED) is 0.822. The minimum absolute atomic E-state index is 0.0157. The summed E-state index contributed by atoms with van der Waals surface area (Å²) in [6.45, 7) is 8.71. The number of fused-ring (bicyclic) bond motifs is 1. The van der Waals surface area contributed by atoms with Crippen molar-refractivity contribution >= 4 is 5.91 Å². The monoisotopic (exact) mass is 398 g/mol. The van der Waals surface area contributed by atoms with Gasteiger partial charge in [0.25, 0.3) is 0 Å². The van der Waals surface area contributed by atoms with Gasteiger partial charge < -0.3 is 15.2 Å². The highest BCUT2D eigenvalue weighted by Crippen LogP contribution is 2.52. The summed E-state index contributed by atoms with van der Waals surface area (Å²) in [7, 11) is 0. The average molecular weight is 399 g/mol. The Morgan fingerprint density at radius 1 is 1.34 bits per heavy atom. The number of ether oxygens (including phenoxy) is 1. The highest BCUT2D eigenvalue weighted by molar-refractivity contribution is 5.81. The van der Waals surface area contributed by atoms with Crippen molar-refractivity contribution in [1.82, 2.24) is 10.2 Å². The summed E-state index contributed by atoms with van der Waals surface area (Å²) in [6.07, 6.45) is 5.79. The molecule has 1 aromatic rings. The molecule has 2 unspecified atom stereocenters. The van der Waals surface area contributed by atoms with E-state index in [9.17, 15) is 9.90 Å². The Bertz CT molecular complexity index is 813. The van der Waals surface area contributed by atoms with Crippen LogP contribution in [0.2, 0.25) is 0 Å². The molecule has 1 aromatic carbocycles. The van der Waals surface area contributed by atoms with Crippen molar-refractivity contribution in [3.63, 3.8) is 0 Å². The molecule has 0 radical (unpaired) electrons. The number of carbonyl (C=O) groups is 1. The first kappa shape index (κ1) is 19.4. The number of benzene rings is 1. The van der Waals surface area contributed by atoms with E-state index >= 15 is 0 Å². The lowest BCUT2D eigenvalue weighted by Gasteiger charge is -2.59. The molecule has 0 aromatic heterocycles. The molecular formula is C24H34N2O3. The molecule has 158 valence electrons. The van der Waals surface area contributed by atoms with Crippen LogP contribution in [-0.4, -0.2) is 53.8 Å². The fraction of sp³-hybridized carbons (Fsp3) is 0.708. The van der Waals surface area contributed by atoms with Crippen molar-refractivity contribution in [2.75, 3.05) is 19.7 Å². The SMILES string of the molecule is CC(C)(C)C(=O)NC1COC2[C@H]3Cc4ccc(O)cc4[C@@]2(CCN3CC2CC2)C1. The highest BCUT2D eigenvalue weighted by Gasteiger charge is 2.57. The second-order valence-corrected chi connectivity index (χ2v) is 10.8. The number of hydrogen-bond donors (Lipinski definition) is 2. The van der Waals surface area contributed by atoms with Crippen molar-refractivity contribution in [1.29, 1.82) is 0 Å². The van der Waals surface area contributed by atoms with E-state index in [0.717, 1.165) is 31.7 Å². The van der Waals surface area contributed by atoms with E-state index in [0.29, 0.717) is 18.4 Å². The first-order chi connectivity index (χ1) is 13.8. The largest absolute Gasteiger partial charge is 0.508 e. The standard InChI is InChI=1S/C24H34N2O3/c1-23(2,3)22(28)25-17-12-24-8-9-26(13-15-4-5-15)20(21(24)29-14-17)10-16-6-7-18(27)11-19(16)24/h6-7,11,15,17,20-21,27H,4-5,8-10,12-14H2,1-3H3,(H,25,28)/t17?,20-,21?,24-/m1/s1. The number of rotatable bonds is 3. The number of nitrogens with one attached hydrogen (secondary N) is 1. The van der Waals surface area contributed by atoms with Crippen LogP contribution in [0.25, 0.3) is 0 Å².